The highest BCUT2D eigenvalue weighted by Crippen LogP contribution is 2.27. The lowest BCUT2D eigenvalue weighted by Crippen LogP contribution is -2.15. The van der Waals surface area contributed by atoms with Gasteiger partial charge in [-0.25, -0.2) is 4.79 Å². The van der Waals surface area contributed by atoms with Gasteiger partial charge in [-0.2, -0.15) is 0 Å². The van der Waals surface area contributed by atoms with Crippen LogP contribution in [-0.4, -0.2) is 25.2 Å². The molecule has 26 heavy (non-hydrogen) atoms. The third-order valence-electron chi connectivity index (χ3n) is 4.06. The molecule has 0 spiro atoms. The summed E-state index contributed by atoms with van der Waals surface area (Å²) in [7, 11) is 3.01. The largest absolute Gasteiger partial charge is 0.493 e. The topological polar surface area (TPSA) is 77.6 Å². The fourth-order valence-corrected chi connectivity index (χ4v) is 2.66. The zero-order chi connectivity index (χ0) is 18.7. The molecule has 0 atom stereocenters. The van der Waals surface area contributed by atoms with Crippen LogP contribution in [0.4, 0.5) is 0 Å². The molecule has 3 aromatic rings. The molecule has 0 bridgehead atoms. The van der Waals surface area contributed by atoms with Crippen molar-refractivity contribution in [1.29, 1.82) is 0 Å². The highest BCUT2D eigenvalue weighted by Gasteiger charge is 2.13. The lowest BCUT2D eigenvalue weighted by molar-refractivity contribution is 0.0471. The number of hydrogen-bond acceptors (Lipinski definition) is 5. The Labute approximate surface area is 150 Å². The average Bonchev–Trinajstić information content (AvgIpc) is 2.65. The van der Waals surface area contributed by atoms with Crippen molar-refractivity contribution in [3.05, 3.63) is 69.5 Å². The molecule has 1 heterocycles. The van der Waals surface area contributed by atoms with Gasteiger partial charge in [0.05, 0.1) is 25.3 Å². The quantitative estimate of drug-likeness (QED) is 0.713. The number of H-pyrrole nitrogens is 1. The molecule has 0 saturated carbocycles. The molecule has 3 rings (SSSR count). The lowest BCUT2D eigenvalue weighted by Gasteiger charge is -2.10. The first-order valence-corrected chi connectivity index (χ1v) is 8.03. The van der Waals surface area contributed by atoms with E-state index in [1.807, 2.05) is 25.1 Å². The molecule has 0 aliphatic rings. The van der Waals surface area contributed by atoms with Crippen molar-refractivity contribution >= 4 is 16.9 Å². The minimum Gasteiger partial charge on any atom is -0.493 e. The van der Waals surface area contributed by atoms with Crippen LogP contribution in [0.2, 0.25) is 0 Å². The van der Waals surface area contributed by atoms with Crippen LogP contribution in [0.25, 0.3) is 10.9 Å². The Bertz CT molecular complexity index is 1020. The maximum Gasteiger partial charge on any atom is 0.338 e. The van der Waals surface area contributed by atoms with Gasteiger partial charge in [0.2, 0.25) is 0 Å². The van der Waals surface area contributed by atoms with Crippen LogP contribution in [0.15, 0.2) is 47.3 Å². The zero-order valence-corrected chi connectivity index (χ0v) is 14.8. The normalized spacial score (nSPS) is 10.6. The van der Waals surface area contributed by atoms with Gasteiger partial charge in [0.15, 0.2) is 11.5 Å². The molecule has 1 N–H and O–H groups in total. The molecule has 134 valence electrons. The molecule has 0 radical (unpaired) electrons. The Morgan fingerprint density at radius 3 is 2.50 bits per heavy atom. The van der Waals surface area contributed by atoms with Crippen LogP contribution >= 0.6 is 0 Å². The summed E-state index contributed by atoms with van der Waals surface area (Å²) in [5.41, 5.74) is 2.24. The van der Waals surface area contributed by atoms with Gasteiger partial charge in [-0.1, -0.05) is 12.1 Å². The second-order valence-corrected chi connectivity index (χ2v) is 5.86. The van der Waals surface area contributed by atoms with E-state index in [2.05, 4.69) is 4.98 Å². The van der Waals surface area contributed by atoms with Crippen molar-refractivity contribution in [2.75, 3.05) is 14.2 Å². The highest BCUT2D eigenvalue weighted by atomic mass is 16.5. The van der Waals surface area contributed by atoms with Crippen molar-refractivity contribution in [2.24, 2.45) is 0 Å². The highest BCUT2D eigenvalue weighted by molar-refractivity contribution is 5.90. The maximum absolute atomic E-state index is 12.3. The van der Waals surface area contributed by atoms with Gasteiger partial charge in [-0.15, -0.1) is 0 Å². The summed E-state index contributed by atoms with van der Waals surface area (Å²) in [5, 5.41) is 0.882. The average molecular weight is 353 g/mol. The first-order valence-electron chi connectivity index (χ1n) is 8.03. The van der Waals surface area contributed by atoms with Crippen molar-refractivity contribution in [2.45, 2.75) is 13.5 Å². The molecule has 2 aromatic carbocycles. The SMILES string of the molecule is COc1ccc(C(=O)OCc2cc3ccc(C)cc3[nH]c2=O)cc1OC. The summed E-state index contributed by atoms with van der Waals surface area (Å²) < 4.78 is 15.6. The molecule has 0 aliphatic heterocycles. The third-order valence-corrected chi connectivity index (χ3v) is 4.06. The van der Waals surface area contributed by atoms with Gasteiger partial charge in [0.25, 0.3) is 5.56 Å². The van der Waals surface area contributed by atoms with E-state index in [0.717, 1.165) is 16.5 Å². The predicted octanol–water partition coefficient (Wildman–Crippen LogP) is 3.21. The van der Waals surface area contributed by atoms with E-state index in [1.165, 1.54) is 20.3 Å². The smallest absolute Gasteiger partial charge is 0.338 e. The number of aryl methyl sites for hydroxylation is 1. The first-order chi connectivity index (χ1) is 12.5. The fraction of sp³-hybridized carbons (Fsp3) is 0.200. The number of nitrogens with one attached hydrogen (secondary N) is 1. The summed E-state index contributed by atoms with van der Waals surface area (Å²) in [6.45, 7) is 1.84. The number of rotatable bonds is 5. The number of carbonyl (C=O) groups excluding carboxylic acids is 1. The number of hydrogen-bond donors (Lipinski definition) is 1. The Morgan fingerprint density at radius 2 is 1.77 bits per heavy atom. The molecule has 0 saturated heterocycles. The number of methoxy groups -OCH3 is 2. The minimum absolute atomic E-state index is 0.119. The summed E-state index contributed by atoms with van der Waals surface area (Å²) in [6.07, 6.45) is 0. The predicted molar refractivity (Wildman–Crippen MR) is 98.0 cm³/mol. The van der Waals surface area contributed by atoms with Gasteiger partial charge < -0.3 is 19.2 Å². The standard InChI is InChI=1S/C20H19NO5/c1-12-4-5-13-9-15(19(22)21-16(13)8-12)11-26-20(23)14-6-7-17(24-2)18(10-14)25-3/h4-10H,11H2,1-3H3,(H,21,22). The van der Waals surface area contributed by atoms with Gasteiger partial charge >= 0.3 is 5.97 Å². The molecule has 1 aromatic heterocycles. The number of aromatic amines is 1. The molecule has 0 aliphatic carbocycles. The van der Waals surface area contributed by atoms with E-state index < -0.39 is 5.97 Å². The Hall–Kier alpha value is -3.28. The number of ether oxygens (including phenoxy) is 3. The van der Waals surface area contributed by atoms with Gasteiger partial charge in [0, 0.05) is 5.52 Å². The zero-order valence-electron chi connectivity index (χ0n) is 14.8. The number of benzene rings is 2. The summed E-state index contributed by atoms with van der Waals surface area (Å²) in [5.74, 6) is 0.403. The van der Waals surface area contributed by atoms with Crippen molar-refractivity contribution in [3.63, 3.8) is 0 Å². The van der Waals surface area contributed by atoms with Crippen LogP contribution in [0.1, 0.15) is 21.5 Å². The molecular formula is C20H19NO5. The van der Waals surface area contributed by atoms with Crippen molar-refractivity contribution < 1.29 is 19.0 Å². The molecule has 6 nitrogen and oxygen atoms in total. The van der Waals surface area contributed by atoms with Gasteiger partial charge in [-0.05, 0) is 48.2 Å². The van der Waals surface area contributed by atoms with Crippen LogP contribution < -0.4 is 15.0 Å². The molecule has 0 amide bonds. The number of pyridine rings is 1. The minimum atomic E-state index is -0.547. The van der Waals surface area contributed by atoms with E-state index in [9.17, 15) is 9.59 Å². The van der Waals surface area contributed by atoms with Crippen LogP contribution in [0.3, 0.4) is 0 Å². The van der Waals surface area contributed by atoms with E-state index >= 15 is 0 Å². The fourth-order valence-electron chi connectivity index (χ4n) is 2.66. The van der Waals surface area contributed by atoms with Crippen LogP contribution in [-0.2, 0) is 11.3 Å². The van der Waals surface area contributed by atoms with Crippen molar-refractivity contribution in [1.82, 2.24) is 4.98 Å². The number of aromatic nitrogens is 1. The molecule has 6 heteroatoms. The summed E-state index contributed by atoms with van der Waals surface area (Å²) >= 11 is 0. The number of fused-ring (bicyclic) bond motifs is 1. The molecule has 0 unspecified atom stereocenters. The Balaban J connectivity index is 1.79. The second kappa shape index (κ2) is 7.31. The monoisotopic (exact) mass is 353 g/mol. The first kappa shape index (κ1) is 17.5. The van der Waals surface area contributed by atoms with Gasteiger partial charge in [0.1, 0.15) is 6.61 Å². The maximum atomic E-state index is 12.3. The van der Waals surface area contributed by atoms with E-state index in [1.54, 1.807) is 18.2 Å². The van der Waals surface area contributed by atoms with E-state index in [0.29, 0.717) is 22.6 Å². The number of carbonyl (C=O) groups is 1. The molecule has 0 fully saturated rings. The van der Waals surface area contributed by atoms with Crippen LogP contribution in [0.5, 0.6) is 11.5 Å². The summed E-state index contributed by atoms with van der Waals surface area (Å²) in [4.78, 5) is 27.3. The van der Waals surface area contributed by atoms with E-state index in [4.69, 9.17) is 14.2 Å². The van der Waals surface area contributed by atoms with Crippen LogP contribution in [0, 0.1) is 6.92 Å². The lowest BCUT2D eigenvalue weighted by atomic mass is 10.1. The van der Waals surface area contributed by atoms with E-state index in [-0.39, 0.29) is 12.2 Å². The Morgan fingerprint density at radius 1 is 1.00 bits per heavy atom. The third kappa shape index (κ3) is 3.54. The molecular weight excluding hydrogens is 334 g/mol. The Kier molecular flexibility index (Phi) is 4.93. The number of esters is 1. The summed E-state index contributed by atoms with van der Waals surface area (Å²) in [6, 6.07) is 12.2. The van der Waals surface area contributed by atoms with Crippen molar-refractivity contribution in [3.8, 4) is 11.5 Å². The van der Waals surface area contributed by atoms with Gasteiger partial charge in [-0.3, -0.25) is 4.79 Å². The second-order valence-electron chi connectivity index (χ2n) is 5.86.